The number of thiophene rings is 1. The van der Waals surface area contributed by atoms with E-state index in [0.717, 1.165) is 3.79 Å². The van der Waals surface area contributed by atoms with Gasteiger partial charge < -0.3 is 0 Å². The van der Waals surface area contributed by atoms with Gasteiger partial charge in [-0.05, 0) is 46.6 Å². The predicted molar refractivity (Wildman–Crippen MR) is 74.6 cm³/mol. The van der Waals surface area contributed by atoms with Gasteiger partial charge in [-0.2, -0.15) is 4.98 Å². The lowest BCUT2D eigenvalue weighted by atomic mass is 10.5. The lowest BCUT2D eigenvalue weighted by Crippen LogP contribution is -2.14. The highest BCUT2D eigenvalue weighted by atomic mass is 79.9. The van der Waals surface area contributed by atoms with Crippen molar-refractivity contribution < 1.29 is 8.42 Å². The predicted octanol–water partition coefficient (Wildman–Crippen LogP) is 3.06. The molecule has 96 valence electrons. The normalized spacial score (nSPS) is 11.5. The van der Waals surface area contributed by atoms with E-state index in [1.807, 2.05) is 0 Å². The molecule has 0 fully saturated rings. The molecule has 0 aliphatic heterocycles. The third-order valence-corrected chi connectivity index (χ3v) is 5.34. The monoisotopic (exact) mass is 367 g/mol. The molecule has 0 saturated carbocycles. The van der Waals surface area contributed by atoms with E-state index < -0.39 is 10.0 Å². The van der Waals surface area contributed by atoms with Crippen LogP contribution in [-0.2, 0) is 10.0 Å². The second-order valence-electron chi connectivity index (χ2n) is 3.29. The van der Waals surface area contributed by atoms with Gasteiger partial charge in [-0.1, -0.05) is 0 Å². The number of aryl methyl sites for hydroxylation is 1. The summed E-state index contributed by atoms with van der Waals surface area (Å²) in [6.45, 7) is 1.73. The van der Waals surface area contributed by atoms with Crippen molar-refractivity contribution in [3.63, 3.8) is 0 Å². The van der Waals surface area contributed by atoms with Gasteiger partial charge in [0.2, 0.25) is 5.28 Å². The summed E-state index contributed by atoms with van der Waals surface area (Å²) < 4.78 is 27.3. The van der Waals surface area contributed by atoms with Crippen molar-refractivity contribution in [2.45, 2.75) is 11.8 Å². The minimum atomic E-state index is -3.66. The molecule has 0 bridgehead atoms. The largest absolute Gasteiger partial charge is 0.264 e. The Bertz CT molecular complexity index is 687. The summed E-state index contributed by atoms with van der Waals surface area (Å²) in [5, 5.41) is -0.0154. The zero-order valence-electron chi connectivity index (χ0n) is 9.02. The number of hydrogen-bond donors (Lipinski definition) is 1. The Labute approximate surface area is 121 Å². The number of hydrogen-bond acceptors (Lipinski definition) is 5. The average Bonchev–Trinajstić information content (AvgIpc) is 2.58. The van der Waals surface area contributed by atoms with Crippen molar-refractivity contribution in [2.24, 2.45) is 0 Å². The maximum Gasteiger partial charge on any atom is 0.264 e. The van der Waals surface area contributed by atoms with E-state index >= 15 is 0 Å². The van der Waals surface area contributed by atoms with Crippen molar-refractivity contribution in [2.75, 3.05) is 4.72 Å². The molecule has 0 radical (unpaired) electrons. The van der Waals surface area contributed by atoms with E-state index in [-0.39, 0.29) is 16.0 Å². The molecule has 0 saturated heterocycles. The van der Waals surface area contributed by atoms with Crippen LogP contribution >= 0.6 is 38.9 Å². The van der Waals surface area contributed by atoms with E-state index in [1.165, 1.54) is 23.6 Å². The highest BCUT2D eigenvalue weighted by Crippen LogP contribution is 2.30. The summed E-state index contributed by atoms with van der Waals surface area (Å²) in [5.41, 5.74) is 0. The zero-order chi connectivity index (χ0) is 13.3. The van der Waals surface area contributed by atoms with Crippen molar-refractivity contribution in [1.82, 2.24) is 9.97 Å². The van der Waals surface area contributed by atoms with Crippen LogP contribution in [-0.4, -0.2) is 18.4 Å². The number of sulfonamides is 1. The van der Waals surface area contributed by atoms with E-state index in [0.29, 0.717) is 4.88 Å². The van der Waals surface area contributed by atoms with Gasteiger partial charge in [-0.25, -0.2) is 13.4 Å². The quantitative estimate of drug-likeness (QED) is 0.845. The molecule has 1 N–H and O–H groups in total. The summed E-state index contributed by atoms with van der Waals surface area (Å²) in [7, 11) is -3.66. The van der Waals surface area contributed by atoms with E-state index in [1.54, 1.807) is 13.0 Å². The minimum Gasteiger partial charge on any atom is -0.263 e. The highest BCUT2D eigenvalue weighted by molar-refractivity contribution is 9.11. The van der Waals surface area contributed by atoms with E-state index in [2.05, 4.69) is 30.6 Å². The van der Waals surface area contributed by atoms with Gasteiger partial charge in [0.25, 0.3) is 10.0 Å². The second kappa shape index (κ2) is 5.12. The fourth-order valence-electron chi connectivity index (χ4n) is 1.28. The molecule has 18 heavy (non-hydrogen) atoms. The van der Waals surface area contributed by atoms with Gasteiger partial charge in [0.1, 0.15) is 10.7 Å². The van der Waals surface area contributed by atoms with Crippen LogP contribution in [0.4, 0.5) is 5.82 Å². The van der Waals surface area contributed by atoms with Gasteiger partial charge in [0.05, 0.1) is 3.79 Å². The molecule has 0 spiro atoms. The molecule has 2 aromatic rings. The SMILES string of the molecule is Cc1sc(Br)cc1S(=O)(=O)Nc1ccnc(Cl)n1. The van der Waals surface area contributed by atoms with Gasteiger partial charge in [0.15, 0.2) is 0 Å². The summed E-state index contributed by atoms with van der Waals surface area (Å²) in [6, 6.07) is 2.98. The first kappa shape index (κ1) is 13.7. The van der Waals surface area contributed by atoms with Crippen molar-refractivity contribution in [3.05, 3.63) is 32.3 Å². The number of nitrogens with one attached hydrogen (secondary N) is 1. The zero-order valence-corrected chi connectivity index (χ0v) is 13.0. The Kier molecular flexibility index (Phi) is 3.90. The Hall–Kier alpha value is -0.700. The number of nitrogens with zero attached hydrogens (tertiary/aromatic N) is 2. The molecule has 0 amide bonds. The van der Waals surface area contributed by atoms with Crippen molar-refractivity contribution in [1.29, 1.82) is 0 Å². The molecule has 0 atom stereocenters. The summed E-state index contributed by atoms with van der Waals surface area (Å²) >= 11 is 10.2. The van der Waals surface area contributed by atoms with E-state index in [4.69, 9.17) is 11.6 Å². The Morgan fingerprint density at radius 1 is 1.50 bits per heavy atom. The number of anilines is 1. The third-order valence-electron chi connectivity index (χ3n) is 2.00. The molecule has 9 heteroatoms. The first-order chi connectivity index (χ1) is 8.38. The van der Waals surface area contributed by atoms with Crippen LogP contribution in [0.25, 0.3) is 0 Å². The Morgan fingerprint density at radius 2 is 2.22 bits per heavy atom. The fraction of sp³-hybridized carbons (Fsp3) is 0.111. The lowest BCUT2D eigenvalue weighted by molar-refractivity contribution is 0.601. The van der Waals surface area contributed by atoms with E-state index in [9.17, 15) is 8.42 Å². The number of aromatic nitrogens is 2. The summed E-state index contributed by atoms with van der Waals surface area (Å²) in [4.78, 5) is 8.36. The third kappa shape index (κ3) is 3.00. The molecular weight excluding hydrogens is 362 g/mol. The van der Waals surface area contributed by atoms with Gasteiger partial charge in [-0.3, -0.25) is 4.72 Å². The maximum absolute atomic E-state index is 12.1. The van der Waals surface area contributed by atoms with Crippen LogP contribution in [0.15, 0.2) is 27.0 Å². The van der Waals surface area contributed by atoms with Crippen LogP contribution in [0, 0.1) is 6.92 Å². The van der Waals surface area contributed by atoms with Crippen LogP contribution in [0.2, 0.25) is 5.28 Å². The van der Waals surface area contributed by atoms with Crippen LogP contribution in [0.3, 0.4) is 0 Å². The molecule has 0 aliphatic carbocycles. The first-order valence-electron chi connectivity index (χ1n) is 4.66. The maximum atomic E-state index is 12.1. The van der Waals surface area contributed by atoms with Gasteiger partial charge >= 0.3 is 0 Å². The molecule has 0 aromatic carbocycles. The Balaban J connectivity index is 2.36. The van der Waals surface area contributed by atoms with Crippen LogP contribution in [0.1, 0.15) is 4.88 Å². The summed E-state index contributed by atoms with van der Waals surface area (Å²) in [6.07, 6.45) is 1.38. The van der Waals surface area contributed by atoms with Crippen molar-refractivity contribution in [3.8, 4) is 0 Å². The molecule has 2 heterocycles. The lowest BCUT2D eigenvalue weighted by Gasteiger charge is -2.06. The molecule has 5 nitrogen and oxygen atoms in total. The smallest absolute Gasteiger partial charge is 0.263 e. The number of rotatable bonds is 3. The Morgan fingerprint density at radius 3 is 2.78 bits per heavy atom. The highest BCUT2D eigenvalue weighted by Gasteiger charge is 2.20. The van der Waals surface area contributed by atoms with Crippen LogP contribution < -0.4 is 4.72 Å². The van der Waals surface area contributed by atoms with Crippen LogP contribution in [0.5, 0.6) is 0 Å². The minimum absolute atomic E-state index is 0.0154. The molecule has 2 rings (SSSR count). The molecular formula is C9H7BrClN3O2S2. The standard InChI is InChI=1S/C9H7BrClN3O2S2/c1-5-6(4-7(10)17-5)18(15,16)14-8-2-3-12-9(11)13-8/h2-4H,1H3,(H,12,13,14). The average molecular weight is 369 g/mol. The molecule has 0 unspecified atom stereocenters. The summed E-state index contributed by atoms with van der Waals surface area (Å²) in [5.74, 6) is 0.136. The van der Waals surface area contributed by atoms with Crippen molar-refractivity contribution >= 4 is 54.7 Å². The fourth-order valence-corrected chi connectivity index (χ4v) is 4.85. The molecule has 2 aromatic heterocycles. The topological polar surface area (TPSA) is 72.0 Å². The molecule has 0 aliphatic rings. The second-order valence-corrected chi connectivity index (χ2v) is 7.91. The number of halogens is 2. The van der Waals surface area contributed by atoms with Gasteiger partial charge in [-0.15, -0.1) is 11.3 Å². The first-order valence-corrected chi connectivity index (χ1v) is 8.13. The van der Waals surface area contributed by atoms with Gasteiger partial charge in [0, 0.05) is 11.1 Å².